The number of carbonyl (C=O) groups is 1. The number of rotatable bonds is 2. The second-order valence-electron chi connectivity index (χ2n) is 5.42. The van der Waals surface area contributed by atoms with E-state index >= 15 is 0 Å². The van der Waals surface area contributed by atoms with Gasteiger partial charge in [0, 0.05) is 12.6 Å². The molecule has 0 saturated carbocycles. The van der Waals surface area contributed by atoms with Gasteiger partial charge in [0.2, 0.25) is 0 Å². The molecule has 1 aromatic rings. The van der Waals surface area contributed by atoms with Crippen LogP contribution in [0.5, 0.6) is 0 Å². The van der Waals surface area contributed by atoms with Gasteiger partial charge >= 0.3 is 12.1 Å². The van der Waals surface area contributed by atoms with Crippen LogP contribution in [0, 0.1) is 5.92 Å². The van der Waals surface area contributed by atoms with E-state index in [2.05, 4.69) is 4.98 Å². The molecule has 1 fully saturated rings. The first-order chi connectivity index (χ1) is 9.71. The van der Waals surface area contributed by atoms with Gasteiger partial charge in [-0.05, 0) is 37.8 Å². The van der Waals surface area contributed by atoms with E-state index in [0.29, 0.717) is 12.6 Å². The van der Waals surface area contributed by atoms with Gasteiger partial charge in [0.05, 0.1) is 0 Å². The molecule has 1 aliphatic heterocycles. The fourth-order valence-electron chi connectivity index (χ4n) is 2.63. The van der Waals surface area contributed by atoms with Crippen molar-refractivity contribution >= 4 is 11.8 Å². The van der Waals surface area contributed by atoms with Gasteiger partial charge in [-0.2, -0.15) is 13.2 Å². The number of carboxylic acids is 1. The lowest BCUT2D eigenvalue weighted by molar-refractivity contribution is -0.141. The molecule has 1 aliphatic rings. The first-order valence-corrected chi connectivity index (χ1v) is 6.80. The van der Waals surface area contributed by atoms with Gasteiger partial charge in [-0.3, -0.25) is 0 Å². The Morgan fingerprint density at radius 3 is 2.62 bits per heavy atom. The van der Waals surface area contributed by atoms with E-state index in [1.165, 1.54) is 0 Å². The summed E-state index contributed by atoms with van der Waals surface area (Å²) in [6.45, 7) is 4.41. The lowest BCUT2D eigenvalue weighted by atomic mass is 9.91. The topological polar surface area (TPSA) is 53.4 Å². The minimum atomic E-state index is -4.59. The van der Waals surface area contributed by atoms with Crippen molar-refractivity contribution in [1.29, 1.82) is 0 Å². The summed E-state index contributed by atoms with van der Waals surface area (Å²) in [5, 5.41) is 9.19. The monoisotopic (exact) mass is 302 g/mol. The Bertz CT molecular complexity index is 546. The van der Waals surface area contributed by atoms with Crippen LogP contribution in [0.15, 0.2) is 12.1 Å². The molecule has 0 aliphatic carbocycles. The summed E-state index contributed by atoms with van der Waals surface area (Å²) < 4.78 is 38.4. The Kier molecular flexibility index (Phi) is 4.11. The summed E-state index contributed by atoms with van der Waals surface area (Å²) in [5.41, 5.74) is -1.25. The maximum absolute atomic E-state index is 12.8. The van der Waals surface area contributed by atoms with Crippen molar-refractivity contribution in [3.63, 3.8) is 0 Å². The molecule has 1 aromatic heterocycles. The molecule has 4 nitrogen and oxygen atoms in total. The molecule has 116 valence electrons. The molecular formula is C14H17F3N2O2. The Morgan fingerprint density at radius 1 is 1.38 bits per heavy atom. The van der Waals surface area contributed by atoms with Crippen LogP contribution in [0.2, 0.25) is 0 Å². The fraction of sp³-hybridized carbons (Fsp3) is 0.571. The van der Waals surface area contributed by atoms with Crippen molar-refractivity contribution in [2.45, 2.75) is 38.9 Å². The third-order valence-electron chi connectivity index (χ3n) is 4.04. The molecule has 2 rings (SSSR count). The zero-order chi connectivity index (χ0) is 15.8. The number of anilines is 1. The van der Waals surface area contributed by atoms with E-state index in [9.17, 15) is 23.1 Å². The van der Waals surface area contributed by atoms with E-state index < -0.39 is 17.8 Å². The van der Waals surface area contributed by atoms with Gasteiger partial charge in [-0.1, -0.05) is 6.92 Å². The van der Waals surface area contributed by atoms with Crippen molar-refractivity contribution in [3.05, 3.63) is 23.4 Å². The van der Waals surface area contributed by atoms with Crippen molar-refractivity contribution in [3.8, 4) is 0 Å². The zero-order valence-corrected chi connectivity index (χ0v) is 11.8. The molecule has 2 heterocycles. The molecule has 0 spiro atoms. The normalized spacial score (nSPS) is 23.2. The number of halogens is 3. The second kappa shape index (κ2) is 5.54. The Balaban J connectivity index is 2.50. The lowest BCUT2D eigenvalue weighted by Gasteiger charge is -2.39. The van der Waals surface area contributed by atoms with Crippen molar-refractivity contribution < 1.29 is 23.1 Å². The molecule has 1 N–H and O–H groups in total. The van der Waals surface area contributed by atoms with Gasteiger partial charge in [-0.25, -0.2) is 9.78 Å². The van der Waals surface area contributed by atoms with Crippen LogP contribution in [0.25, 0.3) is 0 Å². The van der Waals surface area contributed by atoms with Crippen molar-refractivity contribution in [2.24, 2.45) is 5.92 Å². The number of nitrogens with zero attached hydrogens (tertiary/aromatic N) is 2. The summed E-state index contributed by atoms with van der Waals surface area (Å²) in [7, 11) is 0. The SMILES string of the molecule is CC1CCCN(c2nc(C(F)(F)F)ccc2C(=O)O)C1C. The average Bonchev–Trinajstić information content (AvgIpc) is 2.40. The smallest absolute Gasteiger partial charge is 0.433 e. The molecule has 2 unspecified atom stereocenters. The van der Waals surface area contributed by atoms with Gasteiger partial charge in [0.25, 0.3) is 0 Å². The summed E-state index contributed by atoms with van der Waals surface area (Å²) in [6.07, 6.45) is -2.81. The van der Waals surface area contributed by atoms with E-state index in [-0.39, 0.29) is 23.3 Å². The average molecular weight is 302 g/mol. The van der Waals surface area contributed by atoms with Crippen molar-refractivity contribution in [1.82, 2.24) is 4.98 Å². The highest BCUT2D eigenvalue weighted by Gasteiger charge is 2.36. The summed E-state index contributed by atoms with van der Waals surface area (Å²) in [6, 6.07) is 1.65. The molecule has 2 atom stereocenters. The Morgan fingerprint density at radius 2 is 2.05 bits per heavy atom. The zero-order valence-electron chi connectivity index (χ0n) is 11.8. The molecule has 0 amide bonds. The van der Waals surface area contributed by atoms with Crippen LogP contribution >= 0.6 is 0 Å². The van der Waals surface area contributed by atoms with Gasteiger partial charge in [0.15, 0.2) is 0 Å². The number of piperidine rings is 1. The van der Waals surface area contributed by atoms with Crippen LogP contribution in [0.1, 0.15) is 42.7 Å². The highest BCUT2D eigenvalue weighted by molar-refractivity contribution is 5.93. The minimum Gasteiger partial charge on any atom is -0.478 e. The summed E-state index contributed by atoms with van der Waals surface area (Å²) in [5.74, 6) is -1.08. The molecule has 7 heteroatoms. The fourth-order valence-corrected chi connectivity index (χ4v) is 2.63. The number of hydrogen-bond acceptors (Lipinski definition) is 3. The second-order valence-corrected chi connectivity index (χ2v) is 5.42. The molecule has 1 saturated heterocycles. The minimum absolute atomic E-state index is 0.0483. The first-order valence-electron chi connectivity index (χ1n) is 6.80. The quantitative estimate of drug-likeness (QED) is 0.909. The van der Waals surface area contributed by atoms with Crippen LogP contribution in [-0.4, -0.2) is 28.6 Å². The number of pyridine rings is 1. The van der Waals surface area contributed by atoms with Crippen LogP contribution < -0.4 is 4.90 Å². The number of aromatic carboxylic acids is 1. The first kappa shape index (κ1) is 15.6. The lowest BCUT2D eigenvalue weighted by Crippen LogP contribution is -2.43. The molecule has 0 aromatic carbocycles. The van der Waals surface area contributed by atoms with Gasteiger partial charge < -0.3 is 10.0 Å². The van der Waals surface area contributed by atoms with Crippen molar-refractivity contribution in [2.75, 3.05) is 11.4 Å². The van der Waals surface area contributed by atoms with Crippen LogP contribution in [-0.2, 0) is 6.18 Å². The number of carboxylic acid groups (broad SMARTS) is 1. The molecule has 0 radical (unpaired) electrons. The maximum atomic E-state index is 12.8. The maximum Gasteiger partial charge on any atom is 0.433 e. The predicted molar refractivity (Wildman–Crippen MR) is 71.4 cm³/mol. The summed E-state index contributed by atoms with van der Waals surface area (Å²) >= 11 is 0. The molecule has 0 bridgehead atoms. The number of alkyl halides is 3. The highest BCUT2D eigenvalue weighted by Crippen LogP contribution is 2.33. The predicted octanol–water partition coefficient (Wildman–Crippen LogP) is 3.42. The Hall–Kier alpha value is -1.79. The van der Waals surface area contributed by atoms with Gasteiger partial charge in [-0.15, -0.1) is 0 Å². The third-order valence-corrected chi connectivity index (χ3v) is 4.04. The largest absolute Gasteiger partial charge is 0.478 e. The Labute approximate surface area is 120 Å². The number of aromatic nitrogens is 1. The summed E-state index contributed by atoms with van der Waals surface area (Å²) in [4.78, 5) is 16.5. The van der Waals surface area contributed by atoms with Crippen LogP contribution in [0.4, 0.5) is 19.0 Å². The molecular weight excluding hydrogens is 285 g/mol. The van der Waals surface area contributed by atoms with E-state index in [1.54, 1.807) is 4.90 Å². The van der Waals surface area contributed by atoms with Gasteiger partial charge in [0.1, 0.15) is 17.1 Å². The van der Waals surface area contributed by atoms with Crippen LogP contribution in [0.3, 0.4) is 0 Å². The van der Waals surface area contributed by atoms with E-state index in [4.69, 9.17) is 0 Å². The van der Waals surface area contributed by atoms with E-state index in [0.717, 1.165) is 18.9 Å². The number of hydrogen-bond donors (Lipinski definition) is 1. The van der Waals surface area contributed by atoms with E-state index in [1.807, 2.05) is 13.8 Å². The molecule has 21 heavy (non-hydrogen) atoms. The highest BCUT2D eigenvalue weighted by atomic mass is 19.4. The standard InChI is InChI=1S/C14H17F3N2O2/c1-8-4-3-7-19(9(8)2)12-10(13(20)21)5-6-11(18-12)14(15,16)17/h5-6,8-9H,3-4,7H2,1-2H3,(H,20,21). The third kappa shape index (κ3) is 3.11.